The highest BCUT2D eigenvalue weighted by atomic mass is 32.1. The normalized spacial score (nSPS) is 13.1. The van der Waals surface area contributed by atoms with Gasteiger partial charge in [0.05, 0.1) is 16.7 Å². The molecule has 0 bridgehead atoms. The molecule has 3 aromatic rings. The summed E-state index contributed by atoms with van der Waals surface area (Å²) in [5, 5.41) is 0. The fourth-order valence-electron chi connectivity index (χ4n) is 2.51. The van der Waals surface area contributed by atoms with Crippen LogP contribution in [0.3, 0.4) is 0 Å². The second-order valence-electron chi connectivity index (χ2n) is 4.82. The van der Waals surface area contributed by atoms with E-state index in [0.717, 1.165) is 28.2 Å². The molecule has 0 spiro atoms. The molecule has 1 aliphatic rings. The molecular weight excluding hydrogens is 272 g/mol. The van der Waals surface area contributed by atoms with Crippen molar-refractivity contribution in [2.75, 3.05) is 6.79 Å². The number of nitrogens with one attached hydrogen (secondary N) is 1. The molecule has 0 aliphatic carbocycles. The summed E-state index contributed by atoms with van der Waals surface area (Å²) >= 11 is 5.44. The van der Waals surface area contributed by atoms with Gasteiger partial charge < -0.3 is 14.5 Å². The molecule has 5 heteroatoms. The smallest absolute Gasteiger partial charge is 0.231 e. The average molecular weight is 284 g/mol. The van der Waals surface area contributed by atoms with Crippen molar-refractivity contribution in [2.45, 2.75) is 6.92 Å². The van der Waals surface area contributed by atoms with Gasteiger partial charge in [-0.2, -0.15) is 0 Å². The fraction of sp³-hybridized carbons (Fsp3) is 0.133. The largest absolute Gasteiger partial charge is 0.454 e. The van der Waals surface area contributed by atoms with Crippen molar-refractivity contribution in [2.24, 2.45) is 0 Å². The Balaban J connectivity index is 1.98. The van der Waals surface area contributed by atoms with Crippen molar-refractivity contribution in [1.29, 1.82) is 0 Å². The van der Waals surface area contributed by atoms with Gasteiger partial charge in [-0.15, -0.1) is 0 Å². The van der Waals surface area contributed by atoms with Crippen LogP contribution in [0, 0.1) is 11.7 Å². The van der Waals surface area contributed by atoms with Crippen molar-refractivity contribution in [1.82, 2.24) is 9.55 Å². The highest BCUT2D eigenvalue weighted by Gasteiger charge is 2.15. The van der Waals surface area contributed by atoms with Crippen LogP contribution in [0.1, 0.15) is 5.56 Å². The number of aromatic amines is 1. The summed E-state index contributed by atoms with van der Waals surface area (Å²) in [5.41, 5.74) is 4.26. The number of hydrogen-bond donors (Lipinski definition) is 1. The van der Waals surface area contributed by atoms with Crippen LogP contribution in [0.15, 0.2) is 36.4 Å². The SMILES string of the molecule is Cc1ccc2c(c1)[nH]c(=S)n2-c1ccc2c(c1)OCO2. The molecule has 20 heavy (non-hydrogen) atoms. The fourth-order valence-corrected chi connectivity index (χ4v) is 2.82. The lowest BCUT2D eigenvalue weighted by Gasteiger charge is -2.06. The van der Waals surface area contributed by atoms with Crippen molar-refractivity contribution in [3.63, 3.8) is 0 Å². The number of ether oxygens (including phenoxy) is 2. The zero-order chi connectivity index (χ0) is 13.7. The quantitative estimate of drug-likeness (QED) is 0.692. The van der Waals surface area contributed by atoms with Gasteiger partial charge in [0.2, 0.25) is 6.79 Å². The number of hydrogen-bond acceptors (Lipinski definition) is 3. The minimum atomic E-state index is 0.275. The number of aryl methyl sites for hydroxylation is 1. The first-order valence-electron chi connectivity index (χ1n) is 6.34. The standard InChI is InChI=1S/C15H12N2O2S/c1-9-2-4-12-11(6-9)16-15(20)17(12)10-3-5-13-14(7-10)19-8-18-13/h2-7H,8H2,1H3,(H,16,20). The summed E-state index contributed by atoms with van der Waals surface area (Å²) in [4.78, 5) is 3.24. The molecular formula is C15H12N2O2S. The highest BCUT2D eigenvalue weighted by Crippen LogP contribution is 2.34. The van der Waals surface area contributed by atoms with Gasteiger partial charge in [-0.3, -0.25) is 4.57 Å². The molecule has 1 aromatic heterocycles. The Hall–Kier alpha value is -2.27. The summed E-state index contributed by atoms with van der Waals surface area (Å²) in [6, 6.07) is 12.1. The predicted octanol–water partition coefficient (Wildman–Crippen LogP) is 3.73. The molecule has 0 atom stereocenters. The second kappa shape index (κ2) is 4.11. The minimum Gasteiger partial charge on any atom is -0.454 e. The van der Waals surface area contributed by atoms with Gasteiger partial charge in [-0.25, -0.2) is 0 Å². The van der Waals surface area contributed by atoms with E-state index in [2.05, 4.69) is 30.1 Å². The Labute approximate surface area is 120 Å². The molecule has 0 radical (unpaired) electrons. The third-order valence-corrected chi connectivity index (χ3v) is 3.74. The van der Waals surface area contributed by atoms with Crippen LogP contribution < -0.4 is 9.47 Å². The molecule has 0 saturated heterocycles. The van der Waals surface area contributed by atoms with Gasteiger partial charge in [0, 0.05) is 6.07 Å². The van der Waals surface area contributed by atoms with E-state index in [1.54, 1.807) is 0 Å². The van der Waals surface area contributed by atoms with E-state index in [1.807, 2.05) is 22.8 Å². The topological polar surface area (TPSA) is 39.2 Å². The number of rotatable bonds is 1. The van der Waals surface area contributed by atoms with Crippen molar-refractivity contribution in [3.05, 3.63) is 46.7 Å². The van der Waals surface area contributed by atoms with E-state index in [0.29, 0.717) is 4.77 Å². The third-order valence-electron chi connectivity index (χ3n) is 3.45. The lowest BCUT2D eigenvalue weighted by molar-refractivity contribution is 0.174. The Kier molecular flexibility index (Phi) is 2.37. The van der Waals surface area contributed by atoms with Crippen LogP contribution in [-0.4, -0.2) is 16.3 Å². The van der Waals surface area contributed by atoms with E-state index < -0.39 is 0 Å². The first kappa shape index (κ1) is 11.5. The molecule has 1 aliphatic heterocycles. The van der Waals surface area contributed by atoms with E-state index >= 15 is 0 Å². The van der Waals surface area contributed by atoms with Gasteiger partial charge in [0.15, 0.2) is 16.3 Å². The number of H-pyrrole nitrogens is 1. The van der Waals surface area contributed by atoms with Gasteiger partial charge in [0.25, 0.3) is 0 Å². The maximum atomic E-state index is 5.44. The predicted molar refractivity (Wildman–Crippen MR) is 79.3 cm³/mol. The number of imidazole rings is 1. The molecule has 1 N–H and O–H groups in total. The van der Waals surface area contributed by atoms with Gasteiger partial charge >= 0.3 is 0 Å². The minimum absolute atomic E-state index is 0.275. The third kappa shape index (κ3) is 1.63. The second-order valence-corrected chi connectivity index (χ2v) is 5.21. The molecule has 0 unspecified atom stereocenters. The highest BCUT2D eigenvalue weighted by molar-refractivity contribution is 7.71. The van der Waals surface area contributed by atoms with E-state index in [-0.39, 0.29) is 6.79 Å². The average Bonchev–Trinajstić information content (AvgIpc) is 3.00. The molecule has 2 heterocycles. The first-order chi connectivity index (χ1) is 9.72. The van der Waals surface area contributed by atoms with Crippen LogP contribution in [-0.2, 0) is 0 Å². The number of benzene rings is 2. The molecule has 4 nitrogen and oxygen atoms in total. The maximum Gasteiger partial charge on any atom is 0.231 e. The van der Waals surface area contributed by atoms with Crippen LogP contribution in [0.4, 0.5) is 0 Å². The molecule has 2 aromatic carbocycles. The van der Waals surface area contributed by atoms with E-state index in [1.165, 1.54) is 5.56 Å². The van der Waals surface area contributed by atoms with Crippen LogP contribution in [0.5, 0.6) is 11.5 Å². The van der Waals surface area contributed by atoms with Crippen LogP contribution in [0.2, 0.25) is 0 Å². The molecule has 0 amide bonds. The van der Waals surface area contributed by atoms with Crippen molar-refractivity contribution >= 4 is 23.3 Å². The Bertz CT molecular complexity index is 879. The number of aromatic nitrogens is 2. The monoisotopic (exact) mass is 284 g/mol. The zero-order valence-corrected chi connectivity index (χ0v) is 11.7. The molecule has 4 rings (SSSR count). The maximum absolute atomic E-state index is 5.44. The number of nitrogens with zero attached hydrogens (tertiary/aromatic N) is 1. The first-order valence-corrected chi connectivity index (χ1v) is 6.74. The summed E-state index contributed by atoms with van der Waals surface area (Å²) in [5.74, 6) is 1.53. The lowest BCUT2D eigenvalue weighted by atomic mass is 10.2. The summed E-state index contributed by atoms with van der Waals surface area (Å²) < 4.78 is 13.4. The van der Waals surface area contributed by atoms with Crippen molar-refractivity contribution in [3.8, 4) is 17.2 Å². The summed E-state index contributed by atoms with van der Waals surface area (Å²) in [7, 11) is 0. The van der Waals surface area contributed by atoms with Crippen molar-refractivity contribution < 1.29 is 9.47 Å². The van der Waals surface area contributed by atoms with Gasteiger partial charge in [-0.1, -0.05) is 6.07 Å². The Morgan fingerprint density at radius 2 is 1.95 bits per heavy atom. The van der Waals surface area contributed by atoms with Crippen LogP contribution >= 0.6 is 12.2 Å². The molecule has 0 saturated carbocycles. The molecule has 0 fully saturated rings. The summed E-state index contributed by atoms with van der Waals surface area (Å²) in [6.07, 6.45) is 0. The van der Waals surface area contributed by atoms with Crippen LogP contribution in [0.25, 0.3) is 16.7 Å². The summed E-state index contributed by atoms with van der Waals surface area (Å²) in [6.45, 7) is 2.34. The molecule has 100 valence electrons. The Morgan fingerprint density at radius 1 is 1.10 bits per heavy atom. The lowest BCUT2D eigenvalue weighted by Crippen LogP contribution is -1.94. The zero-order valence-electron chi connectivity index (χ0n) is 10.8. The van der Waals surface area contributed by atoms with E-state index in [4.69, 9.17) is 21.7 Å². The Morgan fingerprint density at radius 3 is 2.85 bits per heavy atom. The van der Waals surface area contributed by atoms with Gasteiger partial charge in [-0.05, 0) is 49.0 Å². The van der Waals surface area contributed by atoms with E-state index in [9.17, 15) is 0 Å². The van der Waals surface area contributed by atoms with Gasteiger partial charge in [0.1, 0.15) is 0 Å². The number of fused-ring (bicyclic) bond motifs is 2.